The van der Waals surface area contributed by atoms with Crippen LogP contribution in [0.4, 0.5) is 0 Å². The van der Waals surface area contributed by atoms with Gasteiger partial charge in [0.05, 0.1) is 56.9 Å². The first-order chi connectivity index (χ1) is 23.1. The SMILES string of the molecule is CCn1cc2c(Oc3ccc(S(=O)(=O)N(Cc4ccc(OC)cc4OC)Cc4ccc(OC)cc4OC)cc3)cc(C(=O)OC)cc2n1. The number of fused-ring (bicyclic) bond motifs is 1. The lowest BCUT2D eigenvalue weighted by Gasteiger charge is -2.25. The molecule has 0 saturated carbocycles. The Bertz CT molecular complexity index is 1970. The summed E-state index contributed by atoms with van der Waals surface area (Å²) < 4.78 is 64.6. The van der Waals surface area contributed by atoms with Gasteiger partial charge in [0, 0.05) is 49.1 Å². The van der Waals surface area contributed by atoms with Gasteiger partial charge in [0.25, 0.3) is 0 Å². The van der Waals surface area contributed by atoms with Crippen molar-refractivity contribution < 1.29 is 41.6 Å². The molecule has 252 valence electrons. The van der Waals surface area contributed by atoms with E-state index >= 15 is 0 Å². The predicted molar refractivity (Wildman–Crippen MR) is 179 cm³/mol. The molecule has 0 aliphatic rings. The average Bonchev–Trinajstić information content (AvgIpc) is 3.55. The van der Waals surface area contributed by atoms with E-state index in [1.807, 2.05) is 13.1 Å². The van der Waals surface area contributed by atoms with Gasteiger partial charge in [-0.1, -0.05) is 12.1 Å². The minimum absolute atomic E-state index is 0.0113. The maximum atomic E-state index is 14.3. The molecule has 48 heavy (non-hydrogen) atoms. The number of carbonyl (C=O) groups excluding carboxylic acids is 1. The number of esters is 1. The molecule has 5 aromatic rings. The van der Waals surface area contributed by atoms with Gasteiger partial charge in [0.1, 0.15) is 34.5 Å². The van der Waals surface area contributed by atoms with Crippen molar-refractivity contribution in [3.63, 3.8) is 0 Å². The fraction of sp³-hybridized carbons (Fsp3) is 0.257. The summed E-state index contributed by atoms with van der Waals surface area (Å²) in [6.07, 6.45) is 1.82. The monoisotopic (exact) mass is 675 g/mol. The minimum atomic E-state index is -4.09. The molecule has 0 aliphatic heterocycles. The molecular weight excluding hydrogens is 638 g/mol. The van der Waals surface area contributed by atoms with E-state index in [0.717, 1.165) is 0 Å². The Kier molecular flexibility index (Phi) is 10.4. The molecule has 0 aliphatic carbocycles. The molecule has 0 bridgehead atoms. The number of hydrogen-bond acceptors (Lipinski definition) is 10. The van der Waals surface area contributed by atoms with Gasteiger partial charge in [-0.2, -0.15) is 9.40 Å². The maximum Gasteiger partial charge on any atom is 0.338 e. The summed E-state index contributed by atoms with van der Waals surface area (Å²) in [6.45, 7) is 2.55. The standard InChI is InChI=1S/C35H37N3O9S/c1-7-37-22-30-31(36-37)16-25(35(39)46-6)17-34(30)47-26-12-14-29(15-13-26)48(40,41)38(20-23-8-10-27(42-2)18-32(23)44-4)21-24-9-11-28(43-3)19-33(24)45-5/h8-19,22H,7,20-21H2,1-6H3. The summed E-state index contributed by atoms with van der Waals surface area (Å²) >= 11 is 0. The van der Waals surface area contributed by atoms with E-state index < -0.39 is 16.0 Å². The van der Waals surface area contributed by atoms with Crippen LogP contribution in [0.15, 0.2) is 83.9 Å². The summed E-state index contributed by atoms with van der Waals surface area (Å²) in [5.74, 6) is 2.32. The average molecular weight is 676 g/mol. The Morgan fingerprint density at radius 2 is 1.29 bits per heavy atom. The Morgan fingerprint density at radius 1 is 0.729 bits per heavy atom. The van der Waals surface area contributed by atoms with Crippen molar-refractivity contribution in [1.29, 1.82) is 0 Å². The lowest BCUT2D eigenvalue weighted by atomic mass is 10.1. The van der Waals surface area contributed by atoms with Crippen molar-refractivity contribution in [2.45, 2.75) is 31.5 Å². The quantitative estimate of drug-likeness (QED) is 0.128. The zero-order valence-corrected chi connectivity index (χ0v) is 28.4. The number of rotatable bonds is 14. The molecule has 0 amide bonds. The van der Waals surface area contributed by atoms with Crippen LogP contribution >= 0.6 is 0 Å². The highest BCUT2D eigenvalue weighted by atomic mass is 32.2. The Balaban J connectivity index is 1.50. The third kappa shape index (κ3) is 7.16. The number of carbonyl (C=O) groups is 1. The van der Waals surface area contributed by atoms with E-state index in [1.54, 1.807) is 79.6 Å². The molecule has 0 N–H and O–H groups in total. The van der Waals surface area contributed by atoms with Crippen molar-refractivity contribution in [3.8, 4) is 34.5 Å². The minimum Gasteiger partial charge on any atom is -0.497 e. The van der Waals surface area contributed by atoms with Gasteiger partial charge >= 0.3 is 5.97 Å². The molecule has 0 atom stereocenters. The molecule has 5 rings (SSSR count). The lowest BCUT2D eigenvalue weighted by Crippen LogP contribution is -2.30. The maximum absolute atomic E-state index is 14.3. The number of nitrogens with zero attached hydrogens (tertiary/aromatic N) is 3. The molecule has 0 spiro atoms. The van der Waals surface area contributed by atoms with Crippen LogP contribution in [0.1, 0.15) is 28.4 Å². The van der Waals surface area contributed by atoms with E-state index in [9.17, 15) is 13.2 Å². The fourth-order valence-electron chi connectivity index (χ4n) is 5.15. The first-order valence-corrected chi connectivity index (χ1v) is 16.4. The normalized spacial score (nSPS) is 11.4. The second kappa shape index (κ2) is 14.7. The van der Waals surface area contributed by atoms with Gasteiger partial charge < -0.3 is 28.4 Å². The van der Waals surface area contributed by atoms with E-state index in [-0.39, 0.29) is 23.5 Å². The second-order valence-corrected chi connectivity index (χ2v) is 12.5. The van der Waals surface area contributed by atoms with Crippen LogP contribution in [0.3, 0.4) is 0 Å². The third-order valence-corrected chi connectivity index (χ3v) is 9.56. The summed E-state index contributed by atoms with van der Waals surface area (Å²) in [7, 11) is 3.34. The van der Waals surface area contributed by atoms with Gasteiger partial charge in [0.15, 0.2) is 0 Å². The molecule has 0 saturated heterocycles. The number of sulfonamides is 1. The molecule has 12 nitrogen and oxygen atoms in total. The highest BCUT2D eigenvalue weighted by Crippen LogP contribution is 2.34. The highest BCUT2D eigenvalue weighted by Gasteiger charge is 2.28. The molecule has 0 unspecified atom stereocenters. The van der Waals surface area contributed by atoms with Crippen LogP contribution in [-0.2, 0) is 34.4 Å². The Morgan fingerprint density at radius 3 is 1.79 bits per heavy atom. The van der Waals surface area contributed by atoms with Crippen molar-refractivity contribution in [2.75, 3.05) is 35.5 Å². The summed E-state index contributed by atoms with van der Waals surface area (Å²) in [4.78, 5) is 12.4. The number of aromatic nitrogens is 2. The van der Waals surface area contributed by atoms with E-state index in [4.69, 9.17) is 28.4 Å². The van der Waals surface area contributed by atoms with Crippen LogP contribution in [0.5, 0.6) is 34.5 Å². The van der Waals surface area contributed by atoms with Crippen molar-refractivity contribution in [3.05, 3.63) is 95.7 Å². The first kappa shape index (κ1) is 34.1. The number of methoxy groups -OCH3 is 5. The Labute approximate surface area is 279 Å². The summed E-state index contributed by atoms with van der Waals surface area (Å²) in [6, 6.07) is 19.7. The van der Waals surface area contributed by atoms with Crippen LogP contribution in [-0.4, -0.2) is 64.0 Å². The lowest BCUT2D eigenvalue weighted by molar-refractivity contribution is 0.0600. The van der Waals surface area contributed by atoms with E-state index in [2.05, 4.69) is 5.10 Å². The van der Waals surface area contributed by atoms with Gasteiger partial charge in [-0.05, 0) is 55.5 Å². The topological polar surface area (TPSA) is 128 Å². The zero-order valence-electron chi connectivity index (χ0n) is 27.6. The number of ether oxygens (including phenoxy) is 6. The number of benzene rings is 4. The van der Waals surface area contributed by atoms with Gasteiger partial charge in [0.2, 0.25) is 10.0 Å². The summed E-state index contributed by atoms with van der Waals surface area (Å²) in [5, 5.41) is 5.19. The number of hydrogen-bond donors (Lipinski definition) is 0. The van der Waals surface area contributed by atoms with Crippen molar-refractivity contribution >= 4 is 26.9 Å². The van der Waals surface area contributed by atoms with Crippen molar-refractivity contribution in [1.82, 2.24) is 14.1 Å². The highest BCUT2D eigenvalue weighted by molar-refractivity contribution is 7.89. The van der Waals surface area contributed by atoms with Crippen LogP contribution in [0.2, 0.25) is 0 Å². The first-order valence-electron chi connectivity index (χ1n) is 14.9. The fourth-order valence-corrected chi connectivity index (χ4v) is 6.55. The molecule has 1 heterocycles. The molecule has 0 radical (unpaired) electrons. The molecule has 0 fully saturated rings. The third-order valence-electron chi connectivity index (χ3n) is 7.75. The molecule has 1 aromatic heterocycles. The molecule has 4 aromatic carbocycles. The molecule has 13 heteroatoms. The Hall–Kier alpha value is -5.27. The van der Waals surface area contributed by atoms with Crippen molar-refractivity contribution in [2.24, 2.45) is 0 Å². The second-order valence-electron chi connectivity index (χ2n) is 10.6. The smallest absolute Gasteiger partial charge is 0.338 e. The van der Waals surface area contributed by atoms with Gasteiger partial charge in [-0.25, -0.2) is 13.2 Å². The predicted octanol–water partition coefficient (Wildman–Crippen LogP) is 6.06. The van der Waals surface area contributed by atoms with Gasteiger partial charge in [-0.3, -0.25) is 4.68 Å². The number of aryl methyl sites for hydroxylation is 1. The van der Waals surface area contributed by atoms with Crippen LogP contribution in [0.25, 0.3) is 10.9 Å². The zero-order chi connectivity index (χ0) is 34.4. The molecular formula is C35H37N3O9S. The van der Waals surface area contributed by atoms with Gasteiger partial charge in [-0.15, -0.1) is 0 Å². The van der Waals surface area contributed by atoms with E-state index in [1.165, 1.54) is 37.8 Å². The summed E-state index contributed by atoms with van der Waals surface area (Å²) in [5.41, 5.74) is 2.11. The van der Waals surface area contributed by atoms with E-state index in [0.29, 0.717) is 63.1 Å². The van der Waals surface area contributed by atoms with Crippen LogP contribution in [0, 0.1) is 0 Å². The van der Waals surface area contributed by atoms with Crippen LogP contribution < -0.4 is 23.7 Å². The largest absolute Gasteiger partial charge is 0.497 e.